The van der Waals surface area contributed by atoms with Crippen molar-refractivity contribution >= 4 is 71.5 Å². The van der Waals surface area contributed by atoms with Gasteiger partial charge in [0.15, 0.2) is 0 Å². The third-order valence-electron chi connectivity index (χ3n) is 7.80. The van der Waals surface area contributed by atoms with E-state index in [1.54, 1.807) is 26.0 Å². The fraction of sp³-hybridized carbons (Fsp3) is 0.116. The number of carbonyl (C=O) groups excluding carboxylic acids is 3. The summed E-state index contributed by atoms with van der Waals surface area (Å²) in [5.74, 6) is -0.457. The molecule has 0 aliphatic carbocycles. The summed E-state index contributed by atoms with van der Waals surface area (Å²) in [6, 6.07) is 41.5. The molecule has 0 amide bonds. The van der Waals surface area contributed by atoms with Crippen LogP contribution in [-0.2, 0) is 19.2 Å². The molecule has 15 heteroatoms. The van der Waals surface area contributed by atoms with E-state index >= 15 is 0 Å². The molecule has 0 aliphatic heterocycles. The summed E-state index contributed by atoms with van der Waals surface area (Å²) >= 11 is 2.57. The number of nitrogen functional groups attached to an aromatic ring is 1. The van der Waals surface area contributed by atoms with E-state index in [1.807, 2.05) is 72.8 Å². The van der Waals surface area contributed by atoms with Crippen LogP contribution in [-0.4, -0.2) is 42.8 Å². The molecule has 58 heavy (non-hydrogen) atoms. The van der Waals surface area contributed by atoms with Crippen LogP contribution in [0.1, 0.15) is 32.8 Å². The third kappa shape index (κ3) is 14.7. The van der Waals surface area contributed by atoms with Crippen LogP contribution in [0.25, 0.3) is 54.8 Å². The Balaban J connectivity index is 0.000000881. The van der Waals surface area contributed by atoms with Gasteiger partial charge in [-0.3, -0.25) is 9.18 Å². The summed E-state index contributed by atoms with van der Waals surface area (Å²) in [5, 5.41) is 32.3. The maximum absolute atomic E-state index is 12.0. The predicted molar refractivity (Wildman–Crippen MR) is 217 cm³/mol. The fourth-order valence-electron chi connectivity index (χ4n) is 5.49. The molecular formula is C43H38BrFK2N2O9. The van der Waals surface area contributed by atoms with E-state index in [9.17, 15) is 19.1 Å². The van der Waals surface area contributed by atoms with Crippen molar-refractivity contribution in [2.75, 3.05) is 26.1 Å². The molecule has 0 saturated heterocycles. The van der Waals surface area contributed by atoms with Crippen molar-refractivity contribution in [3.8, 4) is 34.1 Å². The molecule has 7 rings (SSSR count). The number of aromatic hydroxyl groups is 1. The number of nitrogens with zero attached hydrogens (tertiary/aromatic N) is 1. The van der Waals surface area contributed by atoms with Gasteiger partial charge < -0.3 is 36.3 Å². The van der Waals surface area contributed by atoms with Crippen molar-refractivity contribution in [3.63, 3.8) is 0 Å². The number of rotatable bonds is 6. The molecule has 0 radical (unpaired) electrons. The summed E-state index contributed by atoms with van der Waals surface area (Å²) in [7, 11) is -1.00. The average molecular weight is 905 g/mol. The van der Waals surface area contributed by atoms with E-state index in [-0.39, 0.29) is 129 Å². The van der Waals surface area contributed by atoms with Crippen molar-refractivity contribution in [3.05, 3.63) is 133 Å². The number of esters is 1. The summed E-state index contributed by atoms with van der Waals surface area (Å²) < 4.78 is 30.4. The molecule has 0 aliphatic rings. The van der Waals surface area contributed by atoms with Gasteiger partial charge in [-0.2, -0.15) is 5.26 Å². The second-order valence-electron chi connectivity index (χ2n) is 11.0. The molecule has 3 N–H and O–H groups in total. The third-order valence-corrected chi connectivity index (χ3v) is 8.03. The van der Waals surface area contributed by atoms with E-state index in [2.05, 4.69) is 68.0 Å². The molecule has 11 nitrogen and oxygen atoms in total. The number of carbonyl (C=O) groups is 3. The number of nitrogens with two attached hydrogens (primary N) is 1. The first-order valence-electron chi connectivity index (χ1n) is 17.4. The van der Waals surface area contributed by atoms with Gasteiger partial charge in [0, 0.05) is 21.3 Å². The van der Waals surface area contributed by atoms with Crippen LogP contribution >= 0.6 is 15.9 Å². The molecule has 0 bridgehead atoms. The Hall–Kier alpha value is -3.48. The van der Waals surface area contributed by atoms with Gasteiger partial charge in [-0.25, -0.2) is 9.59 Å². The van der Waals surface area contributed by atoms with Gasteiger partial charge in [-0.15, -0.1) is 0 Å². The number of alkyl halides is 1. The minimum absolute atomic E-state index is 0. The van der Waals surface area contributed by atoms with Crippen LogP contribution in [0.2, 0.25) is 0 Å². The van der Waals surface area contributed by atoms with Crippen LogP contribution in [0.3, 0.4) is 0 Å². The van der Waals surface area contributed by atoms with Gasteiger partial charge in [-0.05, 0) is 81.9 Å². The molecule has 290 valence electrons. The molecule has 1 aromatic heterocycles. The molecule has 0 fully saturated rings. The van der Waals surface area contributed by atoms with E-state index < -0.39 is 18.0 Å². The Labute approximate surface area is 431 Å². The Morgan fingerprint density at radius 1 is 0.862 bits per heavy atom. The number of benzene rings is 6. The maximum Gasteiger partial charge on any atom is 1.00 e. The zero-order valence-electron chi connectivity index (χ0n) is 34.2. The number of hydrogen-bond acceptors (Lipinski definition) is 11. The van der Waals surface area contributed by atoms with Gasteiger partial charge >= 0.3 is 114 Å². The smallest absolute Gasteiger partial charge is 1.00 e. The monoisotopic (exact) mass is 903 g/mol. The second-order valence-corrected chi connectivity index (χ2v) is 11.7. The van der Waals surface area contributed by atoms with Gasteiger partial charge in [0.2, 0.25) is 5.76 Å². The maximum atomic E-state index is 12.0. The first kappa shape index (κ1) is 50.7. The number of furan rings is 1. The van der Waals surface area contributed by atoms with Crippen LogP contribution < -0.4 is 114 Å². The number of phenols is 1. The molecule has 0 saturated carbocycles. The van der Waals surface area contributed by atoms with E-state index in [4.69, 9.17) is 31.6 Å². The van der Waals surface area contributed by atoms with Gasteiger partial charge in [0.25, 0.3) is 6.47 Å². The number of ether oxygens (including phenoxy) is 2. The summed E-state index contributed by atoms with van der Waals surface area (Å²) in [5.41, 5.74) is 11.5. The number of anilines is 1. The average Bonchev–Trinajstić information content (AvgIpc) is 3.57. The summed E-state index contributed by atoms with van der Waals surface area (Å²) in [6.45, 7) is 4.02. The van der Waals surface area contributed by atoms with Crippen molar-refractivity contribution in [1.29, 1.82) is 5.26 Å². The largest absolute Gasteiger partial charge is 1.00 e. The fourth-order valence-corrected chi connectivity index (χ4v) is 5.72. The number of halogens is 2. The Kier molecular flexibility index (Phi) is 24.5. The van der Waals surface area contributed by atoms with E-state index in [0.29, 0.717) is 28.8 Å². The van der Waals surface area contributed by atoms with Crippen molar-refractivity contribution in [2.45, 2.75) is 13.8 Å². The Morgan fingerprint density at radius 3 is 1.81 bits per heavy atom. The van der Waals surface area contributed by atoms with Crippen molar-refractivity contribution in [2.24, 2.45) is 0 Å². The van der Waals surface area contributed by atoms with E-state index in [0.717, 1.165) is 38.4 Å². The first-order chi connectivity index (χ1) is 27.6. The molecule has 6 aromatic carbocycles. The Bertz CT molecular complexity index is 2480. The van der Waals surface area contributed by atoms with Crippen LogP contribution in [0, 0.1) is 11.3 Å². The standard InChI is InChI=1S/C21H17NO3.C17H11NO.C3H5BrO2.CH3F.CH2O3.2K.H/c1-2-24-21(23)20-19(22)17-12-14(10-11-18(17)25-20)16-9-5-7-13-6-3-4-8-15(13)16;18-11-14-10-13(8-9-17(14)19)16-7-3-5-12-4-1-2-6-15(12)16;1-2-6-3(4)5;1-2;2-1-4-3;;;/h3-12H,2,22H2,1H3;1-10,19H;2H2,1H3;1H3;1,3H;;;/q;;;;;2*+1;-1/p-1/i;;;1D;;;;. The minimum Gasteiger partial charge on any atom is -1.00 e. The second kappa shape index (κ2) is 28.1. The van der Waals surface area contributed by atoms with Gasteiger partial charge in [-0.1, -0.05) is 97.1 Å². The summed E-state index contributed by atoms with van der Waals surface area (Å²) in [6.07, 6.45) is 0. The van der Waals surface area contributed by atoms with Crippen molar-refractivity contribution in [1.82, 2.24) is 0 Å². The molecule has 0 unspecified atom stereocenters. The SMILES string of the molecule is CCOC(=O)Br.CCOC(=O)c1oc2ccc(-c3cccc4ccccc34)cc2c1N.N#Cc1cc(-c2cccc3ccccc23)ccc1O.O=CO[O-].[2H]CF.[H-].[K+].[K+]. The number of fused-ring (bicyclic) bond motifs is 3. The minimum atomic E-state index is -1.00. The van der Waals surface area contributed by atoms with Crippen molar-refractivity contribution < 1.29 is 153 Å². The van der Waals surface area contributed by atoms with Crippen LogP contribution in [0.15, 0.2) is 126 Å². The zero-order chi connectivity index (χ0) is 41.7. The predicted octanol–water partition coefficient (Wildman–Crippen LogP) is 3.77. The Morgan fingerprint density at radius 2 is 1.34 bits per heavy atom. The first-order valence-corrected chi connectivity index (χ1v) is 17.5. The molecule has 0 spiro atoms. The van der Waals surface area contributed by atoms with Crippen LogP contribution in [0.5, 0.6) is 5.75 Å². The summed E-state index contributed by atoms with van der Waals surface area (Å²) in [4.78, 5) is 32.6. The van der Waals surface area contributed by atoms with Gasteiger partial charge in [0.1, 0.15) is 17.4 Å². The zero-order valence-corrected chi connectivity index (χ0v) is 40.1. The number of hydrogen-bond donors (Lipinski definition) is 2. The number of phenolic OH excluding ortho intramolecular Hbond substituents is 1. The molecular weight excluding hydrogens is 866 g/mol. The number of nitriles is 1. The molecule has 0 atom stereocenters. The molecule has 7 aromatic rings. The van der Waals surface area contributed by atoms with E-state index in [1.165, 1.54) is 5.39 Å². The normalized spacial score (nSPS) is 9.62. The van der Waals surface area contributed by atoms with Crippen LogP contribution in [0.4, 0.5) is 14.9 Å². The molecule has 1 heterocycles. The quantitative estimate of drug-likeness (QED) is 0.0619. The van der Waals surface area contributed by atoms with Gasteiger partial charge in [0.05, 0.1) is 33.0 Å². The topological polar surface area (TPSA) is 185 Å².